The Morgan fingerprint density at radius 2 is 1.16 bits per heavy atom. The second-order valence-corrected chi connectivity index (χ2v) is 5.19. The van der Waals surface area contributed by atoms with E-state index in [1.54, 1.807) is 6.08 Å². The van der Waals surface area contributed by atoms with Crippen LogP contribution in [0.5, 0.6) is 0 Å². The molecule has 0 spiro atoms. The van der Waals surface area contributed by atoms with Gasteiger partial charge in [-0.25, -0.2) is 4.39 Å². The number of hydrogen-bond donors (Lipinski definition) is 0. The minimum Gasteiger partial charge on any atom is -0.207 e. The molecular weight excluding hydrogens is 307 g/mol. The Morgan fingerprint density at radius 3 is 1.40 bits per heavy atom. The lowest BCUT2D eigenvalue weighted by atomic mass is 10.1. The lowest BCUT2D eigenvalue weighted by molar-refractivity contribution is 0.668. The van der Waals surface area contributed by atoms with Gasteiger partial charge in [0.15, 0.2) is 0 Å². The van der Waals surface area contributed by atoms with Crippen LogP contribution in [0, 0.1) is 0 Å². The van der Waals surface area contributed by atoms with Crippen molar-refractivity contribution in [2.75, 3.05) is 0 Å². The molecule has 148 valence electrons. The molecule has 0 aliphatic rings. The molecule has 0 N–H and O–H groups in total. The largest absolute Gasteiger partial charge is 0.207 e. The average Bonchev–Trinajstić information content (AvgIpc) is 2.56. The molecule has 0 saturated heterocycles. The zero-order valence-corrected chi connectivity index (χ0v) is 19.0. The lowest BCUT2D eigenvalue weighted by Gasteiger charge is -1.98. The first-order valence-electron chi connectivity index (χ1n) is 9.25. The number of rotatable bonds is 4. The van der Waals surface area contributed by atoms with Gasteiger partial charge in [-0.2, -0.15) is 0 Å². The van der Waals surface area contributed by atoms with Gasteiger partial charge in [0.25, 0.3) is 0 Å². The molecule has 0 aliphatic heterocycles. The molecule has 0 fully saturated rings. The van der Waals surface area contributed by atoms with Crippen molar-refractivity contribution >= 4 is 0 Å². The van der Waals surface area contributed by atoms with Crippen molar-refractivity contribution in [1.82, 2.24) is 0 Å². The van der Waals surface area contributed by atoms with Crippen molar-refractivity contribution in [3.05, 3.63) is 72.2 Å². The maximum Gasteiger partial charge on any atom is 0.122 e. The predicted molar refractivity (Wildman–Crippen MR) is 121 cm³/mol. The third kappa shape index (κ3) is 51.9. The third-order valence-electron chi connectivity index (χ3n) is 1.82. The van der Waals surface area contributed by atoms with E-state index in [4.69, 9.17) is 0 Å². The van der Waals surface area contributed by atoms with Crippen LogP contribution in [-0.2, 0) is 0 Å². The van der Waals surface area contributed by atoms with Gasteiger partial charge in [0, 0.05) is 0 Å². The van der Waals surface area contributed by atoms with Gasteiger partial charge in [0.1, 0.15) is 5.83 Å². The van der Waals surface area contributed by atoms with Gasteiger partial charge in [-0.05, 0) is 52.3 Å². The van der Waals surface area contributed by atoms with Crippen LogP contribution in [0.3, 0.4) is 0 Å². The van der Waals surface area contributed by atoms with E-state index in [0.717, 1.165) is 16.7 Å². The van der Waals surface area contributed by atoms with Crippen molar-refractivity contribution in [3.63, 3.8) is 0 Å². The zero-order chi connectivity index (χ0) is 21.4. The SMILES string of the molecule is C=C(C)C.C=C\C(F)=C/C=C(C)/C=C(/C)C(=C)C.CC.CC.CCC. The summed E-state index contributed by atoms with van der Waals surface area (Å²) in [6.45, 7) is 32.7. The summed E-state index contributed by atoms with van der Waals surface area (Å²) in [6.07, 6.45) is 7.50. The van der Waals surface area contributed by atoms with Gasteiger partial charge in [0.2, 0.25) is 0 Å². The average molecular weight is 353 g/mol. The van der Waals surface area contributed by atoms with E-state index in [1.165, 1.54) is 24.1 Å². The summed E-state index contributed by atoms with van der Waals surface area (Å²) in [5.74, 6) is -0.328. The van der Waals surface area contributed by atoms with Crippen LogP contribution in [0.1, 0.15) is 82.6 Å². The third-order valence-corrected chi connectivity index (χ3v) is 1.82. The molecule has 25 heavy (non-hydrogen) atoms. The highest BCUT2D eigenvalue weighted by Gasteiger charge is 1.89. The fourth-order valence-corrected chi connectivity index (χ4v) is 0.792. The van der Waals surface area contributed by atoms with Gasteiger partial charge < -0.3 is 0 Å². The highest BCUT2D eigenvalue weighted by molar-refractivity contribution is 5.34. The summed E-state index contributed by atoms with van der Waals surface area (Å²) in [5.41, 5.74) is 4.28. The van der Waals surface area contributed by atoms with Crippen molar-refractivity contribution in [3.8, 4) is 0 Å². The quantitative estimate of drug-likeness (QED) is 0.349. The highest BCUT2D eigenvalue weighted by atomic mass is 19.1. The summed E-state index contributed by atoms with van der Waals surface area (Å²) >= 11 is 0. The van der Waals surface area contributed by atoms with Gasteiger partial charge in [0.05, 0.1) is 0 Å². The van der Waals surface area contributed by atoms with Gasteiger partial charge >= 0.3 is 0 Å². The highest BCUT2D eigenvalue weighted by Crippen LogP contribution is 2.09. The van der Waals surface area contributed by atoms with Crippen molar-refractivity contribution < 1.29 is 4.39 Å². The first-order valence-corrected chi connectivity index (χ1v) is 9.25. The molecule has 0 aromatic heterocycles. The molecule has 0 aliphatic carbocycles. The minimum absolute atomic E-state index is 0.328. The van der Waals surface area contributed by atoms with Crippen LogP contribution in [-0.4, -0.2) is 0 Å². The Morgan fingerprint density at radius 1 is 0.840 bits per heavy atom. The number of allylic oxidation sites excluding steroid dienone is 9. The van der Waals surface area contributed by atoms with Gasteiger partial charge in [-0.3, -0.25) is 0 Å². The Balaban J connectivity index is -0.000000100. The van der Waals surface area contributed by atoms with E-state index in [2.05, 4.69) is 33.6 Å². The van der Waals surface area contributed by atoms with Crippen LogP contribution in [0.2, 0.25) is 0 Å². The first-order chi connectivity index (χ1) is 11.6. The van der Waals surface area contributed by atoms with Crippen LogP contribution in [0.15, 0.2) is 72.2 Å². The molecule has 0 amide bonds. The molecule has 0 unspecified atom stereocenters. The molecule has 0 atom stereocenters. The Bertz CT molecular complexity index is 400. The Hall–Kier alpha value is -1.63. The van der Waals surface area contributed by atoms with Crippen LogP contribution >= 0.6 is 0 Å². The minimum atomic E-state index is -0.328. The molecule has 0 radical (unpaired) electrons. The van der Waals surface area contributed by atoms with E-state index in [0.29, 0.717) is 0 Å². The van der Waals surface area contributed by atoms with E-state index in [1.807, 2.05) is 68.4 Å². The van der Waals surface area contributed by atoms with E-state index in [-0.39, 0.29) is 5.83 Å². The molecular formula is C24H45F. The summed E-state index contributed by atoms with van der Waals surface area (Å²) in [7, 11) is 0. The maximum atomic E-state index is 12.6. The Labute approximate surface area is 159 Å². The molecule has 0 aromatic carbocycles. The van der Waals surface area contributed by atoms with Crippen LogP contribution in [0.4, 0.5) is 4.39 Å². The normalized spacial score (nSPS) is 10.2. The van der Waals surface area contributed by atoms with Crippen LogP contribution < -0.4 is 0 Å². The van der Waals surface area contributed by atoms with Crippen LogP contribution in [0.25, 0.3) is 0 Å². The lowest BCUT2D eigenvalue weighted by Crippen LogP contribution is -1.77. The standard InChI is InChI=1S/C13H17F.C4H8.C3H8.2C2H6/c1-6-13(14)8-7-11(4)9-12(5)10(2)3;1-4(2)3;1-3-2;2*1-2/h6-9H,1-2H2,3-5H3;1H2,2-3H3;3H2,1-2H3;2*1-2H3/b11-7+,12-9-,13-8+;;;;. The predicted octanol–water partition coefficient (Wildman–Crippen LogP) is 9.55. The first kappa shape index (κ1) is 34.7. The zero-order valence-electron chi connectivity index (χ0n) is 19.0. The van der Waals surface area contributed by atoms with Crippen molar-refractivity contribution in [1.29, 1.82) is 0 Å². The second kappa shape index (κ2) is 30.3. The fraction of sp³-hybridized carbons (Fsp3) is 0.500. The summed E-state index contributed by atoms with van der Waals surface area (Å²) in [6, 6.07) is 0. The van der Waals surface area contributed by atoms with E-state index < -0.39 is 0 Å². The van der Waals surface area contributed by atoms with E-state index in [9.17, 15) is 4.39 Å². The summed E-state index contributed by atoms with van der Waals surface area (Å²) in [5, 5.41) is 0. The summed E-state index contributed by atoms with van der Waals surface area (Å²) < 4.78 is 12.6. The molecule has 0 rings (SSSR count). The molecule has 0 aromatic rings. The number of hydrogen-bond acceptors (Lipinski definition) is 0. The second-order valence-electron chi connectivity index (χ2n) is 5.19. The smallest absolute Gasteiger partial charge is 0.122 e. The fourth-order valence-electron chi connectivity index (χ4n) is 0.792. The topological polar surface area (TPSA) is 0 Å². The van der Waals surface area contributed by atoms with Crippen molar-refractivity contribution in [2.45, 2.75) is 82.6 Å². The summed E-state index contributed by atoms with van der Waals surface area (Å²) in [4.78, 5) is 0. The molecule has 1 heteroatoms. The monoisotopic (exact) mass is 352 g/mol. The molecule has 0 nitrogen and oxygen atoms in total. The van der Waals surface area contributed by atoms with E-state index >= 15 is 0 Å². The Kier molecular flexibility index (Phi) is 42.0. The van der Waals surface area contributed by atoms with Gasteiger partial charge in [-0.15, -0.1) is 6.58 Å². The maximum absolute atomic E-state index is 12.6. The van der Waals surface area contributed by atoms with Gasteiger partial charge in [-0.1, -0.05) is 90.0 Å². The van der Waals surface area contributed by atoms with Crippen molar-refractivity contribution in [2.24, 2.45) is 0 Å². The molecule has 0 saturated carbocycles. The molecule has 0 bridgehead atoms. The number of halogens is 1. The molecule has 0 heterocycles.